The average molecular weight is 513 g/mol. The Morgan fingerprint density at radius 1 is 0.971 bits per heavy atom. The minimum Gasteiger partial charge on any atom is -0.445 e. The number of ether oxygens (including phenoxy) is 2. The molecule has 2 fully saturated rings. The SMILES string of the molecule is NS(=O)(=O)c1ccc(C(=O)N2CC3(CCN(C(=O)OCc4ccc(OC(F)(F)F)cc4)C3)C2)cc1. The molecule has 0 radical (unpaired) electrons. The Morgan fingerprint density at radius 2 is 1.57 bits per heavy atom. The number of likely N-dealkylation sites (tertiary alicyclic amines) is 2. The lowest BCUT2D eigenvalue weighted by Gasteiger charge is -2.47. The summed E-state index contributed by atoms with van der Waals surface area (Å²) in [5.41, 5.74) is 0.620. The van der Waals surface area contributed by atoms with Crippen LogP contribution in [0.3, 0.4) is 0 Å². The summed E-state index contributed by atoms with van der Waals surface area (Å²) in [6, 6.07) is 10.4. The van der Waals surface area contributed by atoms with Gasteiger partial charge in [-0.2, -0.15) is 0 Å². The second kappa shape index (κ2) is 9.04. The van der Waals surface area contributed by atoms with Crippen LogP contribution in [0.2, 0.25) is 0 Å². The molecule has 0 aromatic heterocycles. The lowest BCUT2D eigenvalue weighted by atomic mass is 9.78. The van der Waals surface area contributed by atoms with Gasteiger partial charge in [0.15, 0.2) is 0 Å². The van der Waals surface area contributed by atoms with Gasteiger partial charge in [-0.15, -0.1) is 13.2 Å². The van der Waals surface area contributed by atoms with E-state index in [0.29, 0.717) is 43.7 Å². The third-order valence-corrected chi connectivity index (χ3v) is 6.91. The third-order valence-electron chi connectivity index (χ3n) is 5.99. The maximum atomic E-state index is 12.7. The number of alkyl halides is 3. The first kappa shape index (κ1) is 24.8. The van der Waals surface area contributed by atoms with Crippen LogP contribution in [-0.2, 0) is 21.4 Å². The normalized spacial score (nSPS) is 17.3. The van der Waals surface area contributed by atoms with Crippen molar-refractivity contribution in [2.24, 2.45) is 10.6 Å². The first-order valence-electron chi connectivity index (χ1n) is 10.5. The molecule has 13 heteroatoms. The molecule has 0 unspecified atom stereocenters. The van der Waals surface area contributed by atoms with E-state index in [9.17, 15) is 31.2 Å². The highest BCUT2D eigenvalue weighted by atomic mass is 32.2. The van der Waals surface area contributed by atoms with Crippen LogP contribution in [0.5, 0.6) is 5.75 Å². The summed E-state index contributed by atoms with van der Waals surface area (Å²) in [4.78, 5) is 28.2. The summed E-state index contributed by atoms with van der Waals surface area (Å²) in [6.07, 6.45) is -4.62. The van der Waals surface area contributed by atoms with Gasteiger partial charge < -0.3 is 19.3 Å². The lowest BCUT2D eigenvalue weighted by Crippen LogP contribution is -2.59. The highest BCUT2D eigenvalue weighted by molar-refractivity contribution is 7.89. The molecule has 35 heavy (non-hydrogen) atoms. The van der Waals surface area contributed by atoms with Gasteiger partial charge in [0, 0.05) is 37.2 Å². The number of primary sulfonamides is 1. The number of nitrogens with zero attached hydrogens (tertiary/aromatic N) is 2. The Bertz CT molecular complexity index is 1210. The molecule has 4 rings (SSSR count). The number of nitrogens with two attached hydrogens (primary N) is 1. The van der Waals surface area contributed by atoms with Crippen molar-refractivity contribution in [3.63, 3.8) is 0 Å². The van der Waals surface area contributed by atoms with Crippen LogP contribution in [0.15, 0.2) is 53.4 Å². The molecule has 188 valence electrons. The first-order valence-corrected chi connectivity index (χ1v) is 12.1. The smallest absolute Gasteiger partial charge is 0.445 e. The molecule has 9 nitrogen and oxygen atoms in total. The highest BCUT2D eigenvalue weighted by Gasteiger charge is 2.50. The van der Waals surface area contributed by atoms with Crippen LogP contribution in [0.25, 0.3) is 0 Å². The van der Waals surface area contributed by atoms with Crippen molar-refractivity contribution < 1.29 is 40.7 Å². The number of carbonyl (C=O) groups is 2. The van der Waals surface area contributed by atoms with Gasteiger partial charge in [0.2, 0.25) is 10.0 Å². The Kier molecular flexibility index (Phi) is 6.40. The molecule has 2 saturated heterocycles. The Morgan fingerprint density at radius 3 is 2.14 bits per heavy atom. The van der Waals surface area contributed by atoms with E-state index in [1.165, 1.54) is 36.4 Å². The second-order valence-corrected chi connectivity index (χ2v) is 10.2. The standard InChI is InChI=1S/C22H22F3N3O6S/c23-22(24,25)34-17-5-1-15(2-6-17)11-33-20(30)27-10-9-21(12-27)13-28(14-21)19(29)16-3-7-18(8-4-16)35(26,31)32/h1-8H,9-14H2,(H2,26,31,32). The largest absolute Gasteiger partial charge is 0.573 e. The highest BCUT2D eigenvalue weighted by Crippen LogP contribution is 2.40. The number of amides is 2. The van der Waals surface area contributed by atoms with Crippen molar-refractivity contribution in [1.29, 1.82) is 0 Å². The molecule has 2 aliphatic rings. The number of benzene rings is 2. The maximum absolute atomic E-state index is 12.7. The fraction of sp³-hybridized carbons (Fsp3) is 0.364. The van der Waals surface area contributed by atoms with Gasteiger partial charge in [-0.1, -0.05) is 12.1 Å². The number of hydrogen-bond acceptors (Lipinski definition) is 6. The predicted octanol–water partition coefficient (Wildman–Crippen LogP) is 2.72. The maximum Gasteiger partial charge on any atom is 0.573 e. The van der Waals surface area contributed by atoms with E-state index in [1.54, 1.807) is 9.80 Å². The molecule has 0 aliphatic carbocycles. The van der Waals surface area contributed by atoms with E-state index < -0.39 is 22.5 Å². The molecule has 2 aliphatic heterocycles. The van der Waals surface area contributed by atoms with Gasteiger partial charge in [0.1, 0.15) is 12.4 Å². The van der Waals surface area contributed by atoms with E-state index in [2.05, 4.69) is 4.74 Å². The summed E-state index contributed by atoms with van der Waals surface area (Å²) in [7, 11) is -3.84. The van der Waals surface area contributed by atoms with Gasteiger partial charge >= 0.3 is 12.5 Å². The average Bonchev–Trinajstić information content (AvgIpc) is 3.21. The fourth-order valence-corrected chi connectivity index (χ4v) is 4.77. The Labute approximate surface area is 199 Å². The van der Waals surface area contributed by atoms with E-state index in [0.717, 1.165) is 12.1 Å². The zero-order chi connectivity index (χ0) is 25.4. The minimum absolute atomic E-state index is 0.0790. The number of hydrogen-bond donors (Lipinski definition) is 1. The summed E-state index contributed by atoms with van der Waals surface area (Å²) < 4.78 is 68.5. The topological polar surface area (TPSA) is 119 Å². The summed E-state index contributed by atoms with van der Waals surface area (Å²) in [6.45, 7) is 1.68. The third kappa shape index (κ3) is 5.85. The van der Waals surface area contributed by atoms with Crippen molar-refractivity contribution in [2.75, 3.05) is 26.2 Å². The van der Waals surface area contributed by atoms with Gasteiger partial charge in [0.25, 0.3) is 5.91 Å². The molecular weight excluding hydrogens is 491 g/mol. The number of sulfonamides is 1. The molecule has 2 heterocycles. The van der Waals surface area contributed by atoms with Gasteiger partial charge in [-0.05, 0) is 48.4 Å². The molecule has 2 amide bonds. The molecule has 2 N–H and O–H groups in total. The Balaban J connectivity index is 1.25. The first-order chi connectivity index (χ1) is 16.3. The summed E-state index contributed by atoms with van der Waals surface area (Å²) in [5.74, 6) is -0.603. The van der Waals surface area contributed by atoms with E-state index in [1.807, 2.05) is 0 Å². The van der Waals surface area contributed by atoms with Crippen molar-refractivity contribution >= 4 is 22.0 Å². The molecular formula is C22H22F3N3O6S. The summed E-state index contributed by atoms with van der Waals surface area (Å²) >= 11 is 0. The van der Waals surface area contributed by atoms with Crippen molar-refractivity contribution in [3.8, 4) is 5.75 Å². The molecule has 2 aromatic rings. The van der Waals surface area contributed by atoms with E-state index >= 15 is 0 Å². The van der Waals surface area contributed by atoms with Crippen LogP contribution in [0, 0.1) is 5.41 Å². The number of halogens is 3. The van der Waals surface area contributed by atoms with Crippen LogP contribution >= 0.6 is 0 Å². The zero-order valence-corrected chi connectivity index (χ0v) is 19.1. The van der Waals surface area contributed by atoms with E-state index in [-0.39, 0.29) is 28.6 Å². The van der Waals surface area contributed by atoms with Crippen molar-refractivity contribution in [2.45, 2.75) is 24.3 Å². The number of carbonyl (C=O) groups excluding carboxylic acids is 2. The predicted molar refractivity (Wildman–Crippen MR) is 116 cm³/mol. The van der Waals surface area contributed by atoms with Crippen LogP contribution < -0.4 is 9.88 Å². The van der Waals surface area contributed by atoms with Crippen LogP contribution in [0.1, 0.15) is 22.3 Å². The molecule has 0 bridgehead atoms. The quantitative estimate of drug-likeness (QED) is 0.657. The lowest BCUT2D eigenvalue weighted by molar-refractivity contribution is -0.274. The van der Waals surface area contributed by atoms with Crippen molar-refractivity contribution in [1.82, 2.24) is 9.80 Å². The van der Waals surface area contributed by atoms with Gasteiger partial charge in [-0.25, -0.2) is 18.4 Å². The zero-order valence-electron chi connectivity index (χ0n) is 18.3. The van der Waals surface area contributed by atoms with E-state index in [4.69, 9.17) is 9.88 Å². The molecule has 0 atom stereocenters. The molecule has 1 spiro atoms. The monoisotopic (exact) mass is 513 g/mol. The van der Waals surface area contributed by atoms with Gasteiger partial charge in [-0.3, -0.25) is 4.79 Å². The summed E-state index contributed by atoms with van der Waals surface area (Å²) in [5, 5.41) is 5.07. The van der Waals surface area contributed by atoms with Crippen LogP contribution in [0.4, 0.5) is 18.0 Å². The minimum atomic E-state index is -4.78. The van der Waals surface area contributed by atoms with Crippen LogP contribution in [-0.4, -0.2) is 62.8 Å². The molecule has 0 saturated carbocycles. The van der Waals surface area contributed by atoms with Crippen molar-refractivity contribution in [3.05, 3.63) is 59.7 Å². The van der Waals surface area contributed by atoms with Gasteiger partial charge in [0.05, 0.1) is 4.90 Å². The Hall–Kier alpha value is -3.32. The number of rotatable bonds is 5. The fourth-order valence-electron chi connectivity index (χ4n) is 4.25. The second-order valence-electron chi connectivity index (χ2n) is 8.65. The molecule has 2 aromatic carbocycles.